The van der Waals surface area contributed by atoms with Gasteiger partial charge in [0, 0.05) is 19.3 Å². The van der Waals surface area contributed by atoms with Crippen LogP contribution in [-0.2, 0) is 13.1 Å². The first-order valence-electron chi connectivity index (χ1n) is 5.12. The van der Waals surface area contributed by atoms with Gasteiger partial charge >= 0.3 is 0 Å². The number of nitrogens with zero attached hydrogens (tertiary/aromatic N) is 3. The number of rotatable bonds is 3. The summed E-state index contributed by atoms with van der Waals surface area (Å²) >= 11 is 0. The summed E-state index contributed by atoms with van der Waals surface area (Å²) in [6.07, 6.45) is 3.40. The van der Waals surface area contributed by atoms with Gasteiger partial charge in [0.15, 0.2) is 0 Å². The summed E-state index contributed by atoms with van der Waals surface area (Å²) in [5, 5.41) is 8.92. The van der Waals surface area contributed by atoms with Crippen LogP contribution in [-0.4, -0.2) is 9.55 Å². The molecule has 2 N–H and O–H groups in total. The predicted molar refractivity (Wildman–Crippen MR) is 60.3 cm³/mol. The maximum atomic E-state index is 13.1. The number of hydrogen-bond donors (Lipinski definition) is 1. The summed E-state index contributed by atoms with van der Waals surface area (Å²) in [5.74, 6) is -0.349. The van der Waals surface area contributed by atoms with Gasteiger partial charge in [-0.1, -0.05) is 0 Å². The van der Waals surface area contributed by atoms with Crippen molar-refractivity contribution >= 4 is 0 Å². The Hall–Kier alpha value is -2.19. The van der Waals surface area contributed by atoms with Crippen molar-refractivity contribution in [1.29, 1.82) is 5.26 Å². The Bertz CT molecular complexity index is 568. The molecule has 0 spiro atoms. The van der Waals surface area contributed by atoms with Crippen LogP contribution in [0, 0.1) is 17.1 Å². The topological polar surface area (TPSA) is 67.6 Å². The lowest BCUT2D eigenvalue weighted by atomic mass is 10.1. The molecular formula is C12H11FN4. The summed E-state index contributed by atoms with van der Waals surface area (Å²) < 4.78 is 14.9. The van der Waals surface area contributed by atoms with Crippen molar-refractivity contribution in [2.24, 2.45) is 5.73 Å². The Morgan fingerprint density at radius 3 is 2.94 bits per heavy atom. The first-order chi connectivity index (χ1) is 8.22. The van der Waals surface area contributed by atoms with Crippen LogP contribution in [0.2, 0.25) is 0 Å². The molecule has 0 amide bonds. The molecule has 0 unspecified atom stereocenters. The number of benzene rings is 1. The molecule has 0 aliphatic rings. The second-order valence-electron chi connectivity index (χ2n) is 3.65. The van der Waals surface area contributed by atoms with E-state index in [2.05, 4.69) is 4.98 Å². The molecule has 0 aliphatic heterocycles. The van der Waals surface area contributed by atoms with Crippen LogP contribution >= 0.6 is 0 Å². The lowest BCUT2D eigenvalue weighted by Crippen LogP contribution is -2.00. The van der Waals surface area contributed by atoms with Crippen molar-refractivity contribution in [1.82, 2.24) is 9.55 Å². The quantitative estimate of drug-likeness (QED) is 0.866. The standard InChI is InChI=1S/C12H11FN4/c13-11-2-1-9(4-14)10(3-11)6-17-7-12(5-15)16-8-17/h1-3,7-8H,5-6,15H2. The minimum atomic E-state index is -0.349. The van der Waals surface area contributed by atoms with E-state index in [0.717, 1.165) is 5.69 Å². The third-order valence-corrected chi connectivity index (χ3v) is 2.44. The zero-order chi connectivity index (χ0) is 12.3. The first-order valence-corrected chi connectivity index (χ1v) is 5.12. The average molecular weight is 230 g/mol. The fourth-order valence-corrected chi connectivity index (χ4v) is 1.60. The van der Waals surface area contributed by atoms with E-state index in [-0.39, 0.29) is 5.82 Å². The normalized spacial score (nSPS) is 10.2. The average Bonchev–Trinajstić information content (AvgIpc) is 2.77. The zero-order valence-corrected chi connectivity index (χ0v) is 9.10. The minimum Gasteiger partial charge on any atom is -0.333 e. The predicted octanol–water partition coefficient (Wildman–Crippen LogP) is 1.40. The summed E-state index contributed by atoms with van der Waals surface area (Å²) in [7, 11) is 0. The van der Waals surface area contributed by atoms with Gasteiger partial charge in [0.1, 0.15) is 5.82 Å². The molecule has 0 atom stereocenters. The molecule has 86 valence electrons. The Labute approximate surface area is 98.1 Å². The van der Waals surface area contributed by atoms with Crippen LogP contribution in [0.5, 0.6) is 0 Å². The van der Waals surface area contributed by atoms with Crippen molar-refractivity contribution < 1.29 is 4.39 Å². The van der Waals surface area contributed by atoms with Gasteiger partial charge < -0.3 is 10.3 Å². The molecule has 5 heteroatoms. The van der Waals surface area contributed by atoms with Gasteiger partial charge in [-0.15, -0.1) is 0 Å². The van der Waals surface area contributed by atoms with Crippen LogP contribution in [0.3, 0.4) is 0 Å². The fourth-order valence-electron chi connectivity index (χ4n) is 1.60. The van der Waals surface area contributed by atoms with E-state index in [1.807, 2.05) is 6.07 Å². The highest BCUT2D eigenvalue weighted by molar-refractivity contribution is 5.38. The number of aromatic nitrogens is 2. The monoisotopic (exact) mass is 230 g/mol. The van der Waals surface area contributed by atoms with Crippen molar-refractivity contribution in [3.63, 3.8) is 0 Å². The van der Waals surface area contributed by atoms with E-state index in [9.17, 15) is 4.39 Å². The molecule has 2 aromatic rings. The molecule has 0 aliphatic carbocycles. The summed E-state index contributed by atoms with van der Waals surface area (Å²) in [5.41, 5.74) is 7.31. The van der Waals surface area contributed by atoms with E-state index >= 15 is 0 Å². The third kappa shape index (κ3) is 2.49. The van der Waals surface area contributed by atoms with Gasteiger partial charge in [0.25, 0.3) is 0 Å². The molecule has 1 aromatic heterocycles. The molecular weight excluding hydrogens is 219 g/mol. The highest BCUT2D eigenvalue weighted by atomic mass is 19.1. The van der Waals surface area contributed by atoms with Gasteiger partial charge in [0.2, 0.25) is 0 Å². The number of halogens is 1. The lowest BCUT2D eigenvalue weighted by molar-refractivity contribution is 0.623. The van der Waals surface area contributed by atoms with Crippen LogP contribution in [0.25, 0.3) is 0 Å². The maximum Gasteiger partial charge on any atom is 0.123 e. The Morgan fingerprint density at radius 2 is 2.29 bits per heavy atom. The fraction of sp³-hybridized carbons (Fsp3) is 0.167. The minimum absolute atomic E-state index is 0.349. The first kappa shape index (κ1) is 11.3. The number of nitriles is 1. The molecule has 0 fully saturated rings. The highest BCUT2D eigenvalue weighted by Crippen LogP contribution is 2.12. The van der Waals surface area contributed by atoms with E-state index in [0.29, 0.717) is 24.2 Å². The van der Waals surface area contributed by atoms with Crippen LogP contribution in [0.1, 0.15) is 16.8 Å². The summed E-state index contributed by atoms with van der Waals surface area (Å²) in [6.45, 7) is 0.773. The second-order valence-corrected chi connectivity index (χ2v) is 3.65. The van der Waals surface area contributed by atoms with Crippen molar-refractivity contribution in [2.75, 3.05) is 0 Å². The molecule has 0 bridgehead atoms. The van der Waals surface area contributed by atoms with Gasteiger partial charge in [-0.2, -0.15) is 5.26 Å². The summed E-state index contributed by atoms with van der Waals surface area (Å²) in [4.78, 5) is 4.07. The van der Waals surface area contributed by atoms with Crippen LogP contribution in [0.4, 0.5) is 4.39 Å². The molecule has 0 radical (unpaired) electrons. The smallest absolute Gasteiger partial charge is 0.123 e. The Balaban J connectivity index is 2.29. The molecule has 1 heterocycles. The molecule has 0 saturated carbocycles. The summed E-state index contributed by atoms with van der Waals surface area (Å²) in [6, 6.07) is 6.16. The SMILES string of the molecule is N#Cc1ccc(F)cc1Cn1cnc(CN)c1. The van der Waals surface area contributed by atoms with E-state index in [4.69, 9.17) is 11.0 Å². The molecule has 17 heavy (non-hydrogen) atoms. The van der Waals surface area contributed by atoms with Crippen molar-refractivity contribution in [3.05, 3.63) is 53.4 Å². The lowest BCUT2D eigenvalue weighted by Gasteiger charge is -2.04. The number of nitrogens with two attached hydrogens (primary N) is 1. The van der Waals surface area contributed by atoms with Gasteiger partial charge in [-0.3, -0.25) is 0 Å². The van der Waals surface area contributed by atoms with Crippen LogP contribution in [0.15, 0.2) is 30.7 Å². The largest absolute Gasteiger partial charge is 0.333 e. The van der Waals surface area contributed by atoms with Gasteiger partial charge in [-0.05, 0) is 23.8 Å². The van der Waals surface area contributed by atoms with Crippen LogP contribution < -0.4 is 5.73 Å². The van der Waals surface area contributed by atoms with Crippen molar-refractivity contribution in [3.8, 4) is 6.07 Å². The molecule has 1 aromatic carbocycles. The number of imidazole rings is 1. The number of hydrogen-bond acceptors (Lipinski definition) is 3. The Kier molecular flexibility index (Phi) is 3.17. The van der Waals surface area contributed by atoms with E-state index < -0.39 is 0 Å². The van der Waals surface area contributed by atoms with E-state index in [1.165, 1.54) is 18.2 Å². The molecule has 2 rings (SSSR count). The Morgan fingerprint density at radius 1 is 1.47 bits per heavy atom. The van der Waals surface area contributed by atoms with Gasteiger partial charge in [0.05, 0.1) is 23.7 Å². The van der Waals surface area contributed by atoms with Gasteiger partial charge in [-0.25, -0.2) is 9.37 Å². The molecule has 4 nitrogen and oxygen atoms in total. The highest BCUT2D eigenvalue weighted by Gasteiger charge is 2.05. The van der Waals surface area contributed by atoms with E-state index in [1.54, 1.807) is 17.1 Å². The third-order valence-electron chi connectivity index (χ3n) is 2.44. The zero-order valence-electron chi connectivity index (χ0n) is 9.10. The van der Waals surface area contributed by atoms with Crippen molar-refractivity contribution in [2.45, 2.75) is 13.1 Å². The molecule has 0 saturated heterocycles. The maximum absolute atomic E-state index is 13.1. The second kappa shape index (κ2) is 4.76.